The lowest BCUT2D eigenvalue weighted by Crippen LogP contribution is -1.98. The Morgan fingerprint density at radius 2 is 1.15 bits per heavy atom. The Hall–Kier alpha value is -3.38. The molecule has 0 saturated heterocycles. The fourth-order valence-electron chi connectivity index (χ4n) is 1.31. The van der Waals surface area contributed by atoms with Crippen LogP contribution in [-0.2, 0) is 9.59 Å². The number of carboxylic acid groups (broad SMARTS) is 2. The maximum absolute atomic E-state index is 10.7. The number of nitrogens with zero attached hydrogens (tertiary/aromatic N) is 2. The van der Waals surface area contributed by atoms with Crippen LogP contribution in [0, 0.1) is 22.7 Å². The van der Waals surface area contributed by atoms with E-state index in [2.05, 4.69) is 0 Å². The van der Waals surface area contributed by atoms with Gasteiger partial charge >= 0.3 is 11.9 Å². The molecule has 20 heavy (non-hydrogen) atoms. The van der Waals surface area contributed by atoms with E-state index in [1.54, 1.807) is 12.1 Å². The molecule has 0 atom stereocenters. The SMILES string of the molecule is N#C/C(=C\c1ccc(/C=C(\C#N)C(=O)O)cc1)C(=O)O. The van der Waals surface area contributed by atoms with Crippen LogP contribution in [0.2, 0.25) is 0 Å². The number of benzene rings is 1. The van der Waals surface area contributed by atoms with Gasteiger partial charge in [-0.3, -0.25) is 0 Å². The highest BCUT2D eigenvalue weighted by molar-refractivity contribution is 5.97. The van der Waals surface area contributed by atoms with Crippen LogP contribution in [0.15, 0.2) is 35.4 Å². The number of carboxylic acids is 2. The predicted octanol–water partition coefficient (Wildman–Crippen LogP) is 1.67. The van der Waals surface area contributed by atoms with Gasteiger partial charge in [0.15, 0.2) is 0 Å². The zero-order chi connectivity index (χ0) is 15.1. The number of carbonyl (C=O) groups is 2. The maximum atomic E-state index is 10.7. The second-order valence-electron chi connectivity index (χ2n) is 3.62. The summed E-state index contributed by atoms with van der Waals surface area (Å²) in [4.78, 5) is 21.3. The third kappa shape index (κ3) is 3.83. The third-order valence-electron chi connectivity index (χ3n) is 2.26. The summed E-state index contributed by atoms with van der Waals surface area (Å²) in [5, 5.41) is 34.6. The van der Waals surface area contributed by atoms with E-state index in [1.807, 2.05) is 0 Å². The normalized spacial score (nSPS) is 11.3. The fraction of sp³-hybridized carbons (Fsp3) is 0. The molecule has 6 nitrogen and oxygen atoms in total. The highest BCUT2D eigenvalue weighted by Gasteiger charge is 2.07. The van der Waals surface area contributed by atoms with Crippen molar-refractivity contribution >= 4 is 24.1 Å². The van der Waals surface area contributed by atoms with Crippen LogP contribution in [0.5, 0.6) is 0 Å². The van der Waals surface area contributed by atoms with Crippen molar-refractivity contribution in [2.24, 2.45) is 0 Å². The maximum Gasteiger partial charge on any atom is 0.346 e. The Kier molecular flexibility index (Phi) is 4.79. The molecule has 2 N–H and O–H groups in total. The first-order chi connectivity index (χ1) is 9.47. The lowest BCUT2D eigenvalue weighted by Gasteiger charge is -1.97. The lowest BCUT2D eigenvalue weighted by molar-refractivity contribution is -0.133. The molecule has 0 fully saturated rings. The van der Waals surface area contributed by atoms with Crippen molar-refractivity contribution in [2.75, 3.05) is 0 Å². The minimum Gasteiger partial charge on any atom is -0.477 e. The molecule has 1 aromatic rings. The topological polar surface area (TPSA) is 122 Å². The van der Waals surface area contributed by atoms with Crippen molar-refractivity contribution in [3.8, 4) is 12.1 Å². The van der Waals surface area contributed by atoms with E-state index in [0.29, 0.717) is 11.1 Å². The van der Waals surface area contributed by atoms with E-state index in [9.17, 15) is 9.59 Å². The molecule has 0 aliphatic heterocycles. The van der Waals surface area contributed by atoms with Gasteiger partial charge in [-0.1, -0.05) is 24.3 Å². The van der Waals surface area contributed by atoms with Gasteiger partial charge in [0.25, 0.3) is 0 Å². The quantitative estimate of drug-likeness (QED) is 0.632. The van der Waals surface area contributed by atoms with E-state index in [4.69, 9.17) is 20.7 Å². The molecule has 0 aromatic heterocycles. The summed E-state index contributed by atoms with van der Waals surface area (Å²) in [5.41, 5.74) is 0.151. The number of hydrogen-bond acceptors (Lipinski definition) is 4. The standard InChI is InChI=1S/C14H8N2O4/c15-7-11(13(17)18)5-9-1-2-10(4-3-9)6-12(8-16)14(19)20/h1-6H,(H,17,18)(H,19,20)/b11-5+,12-6+. The van der Waals surface area contributed by atoms with Gasteiger partial charge in [0.2, 0.25) is 0 Å². The van der Waals surface area contributed by atoms with Crippen molar-refractivity contribution in [2.45, 2.75) is 0 Å². The molecule has 0 aliphatic rings. The predicted molar refractivity (Wildman–Crippen MR) is 68.9 cm³/mol. The Bertz CT molecular complexity index is 624. The Morgan fingerprint density at radius 3 is 1.35 bits per heavy atom. The minimum absolute atomic E-state index is 0.406. The molecule has 1 aromatic carbocycles. The van der Waals surface area contributed by atoms with Gasteiger partial charge in [0.1, 0.15) is 23.3 Å². The molecule has 0 spiro atoms. The first kappa shape index (κ1) is 14.7. The molecule has 0 aliphatic carbocycles. The molecule has 0 heterocycles. The van der Waals surface area contributed by atoms with Crippen molar-refractivity contribution < 1.29 is 19.8 Å². The number of hydrogen-bond donors (Lipinski definition) is 2. The minimum atomic E-state index is -1.32. The fourth-order valence-corrected chi connectivity index (χ4v) is 1.31. The molecule has 98 valence electrons. The van der Waals surface area contributed by atoms with Gasteiger partial charge in [-0.25, -0.2) is 9.59 Å². The van der Waals surface area contributed by atoms with Gasteiger partial charge < -0.3 is 10.2 Å². The largest absolute Gasteiger partial charge is 0.477 e. The van der Waals surface area contributed by atoms with Gasteiger partial charge in [-0.15, -0.1) is 0 Å². The molecule has 1 rings (SSSR count). The van der Waals surface area contributed by atoms with Crippen molar-refractivity contribution in [3.05, 3.63) is 46.5 Å². The summed E-state index contributed by atoms with van der Waals surface area (Å²) in [6.07, 6.45) is 2.39. The van der Waals surface area contributed by atoms with Crippen molar-refractivity contribution in [3.63, 3.8) is 0 Å². The van der Waals surface area contributed by atoms with E-state index in [1.165, 1.54) is 36.4 Å². The molecular formula is C14H8N2O4. The van der Waals surface area contributed by atoms with E-state index >= 15 is 0 Å². The zero-order valence-corrected chi connectivity index (χ0v) is 10.1. The smallest absolute Gasteiger partial charge is 0.346 e. The van der Waals surface area contributed by atoms with Gasteiger partial charge in [0.05, 0.1) is 0 Å². The van der Waals surface area contributed by atoms with Gasteiger partial charge in [-0.05, 0) is 23.3 Å². The molecule has 0 unspecified atom stereocenters. The Morgan fingerprint density at radius 1 is 0.850 bits per heavy atom. The molecule has 0 amide bonds. The summed E-state index contributed by atoms with van der Waals surface area (Å²) in [6.45, 7) is 0. The van der Waals surface area contributed by atoms with Crippen LogP contribution in [0.25, 0.3) is 12.2 Å². The summed E-state index contributed by atoms with van der Waals surface area (Å²) in [6, 6.07) is 9.17. The highest BCUT2D eigenvalue weighted by atomic mass is 16.4. The van der Waals surface area contributed by atoms with E-state index in [-0.39, 0.29) is 0 Å². The molecule has 0 radical (unpaired) electrons. The van der Waals surface area contributed by atoms with Crippen LogP contribution >= 0.6 is 0 Å². The molecule has 0 saturated carbocycles. The van der Waals surface area contributed by atoms with Crippen LogP contribution in [0.1, 0.15) is 11.1 Å². The molecule has 0 bridgehead atoms. The summed E-state index contributed by atoms with van der Waals surface area (Å²) < 4.78 is 0. The number of aliphatic carboxylic acids is 2. The Labute approximate surface area is 114 Å². The first-order valence-electron chi connectivity index (χ1n) is 5.28. The first-order valence-corrected chi connectivity index (χ1v) is 5.28. The van der Waals surface area contributed by atoms with Crippen molar-refractivity contribution in [1.82, 2.24) is 0 Å². The lowest BCUT2D eigenvalue weighted by atomic mass is 10.1. The monoisotopic (exact) mass is 268 g/mol. The van der Waals surface area contributed by atoms with E-state index in [0.717, 1.165) is 0 Å². The molecular weight excluding hydrogens is 260 g/mol. The van der Waals surface area contributed by atoms with Crippen LogP contribution < -0.4 is 0 Å². The van der Waals surface area contributed by atoms with Crippen LogP contribution in [0.3, 0.4) is 0 Å². The number of rotatable bonds is 4. The average molecular weight is 268 g/mol. The van der Waals surface area contributed by atoms with Crippen LogP contribution in [0.4, 0.5) is 0 Å². The number of nitriles is 2. The Balaban J connectivity index is 3.08. The summed E-state index contributed by atoms with van der Waals surface area (Å²) in [5.74, 6) is -2.65. The van der Waals surface area contributed by atoms with Gasteiger partial charge in [0, 0.05) is 0 Å². The van der Waals surface area contributed by atoms with Gasteiger partial charge in [-0.2, -0.15) is 10.5 Å². The third-order valence-corrected chi connectivity index (χ3v) is 2.26. The van der Waals surface area contributed by atoms with Crippen molar-refractivity contribution in [1.29, 1.82) is 10.5 Å². The summed E-state index contributed by atoms with van der Waals surface area (Å²) >= 11 is 0. The summed E-state index contributed by atoms with van der Waals surface area (Å²) in [7, 11) is 0. The molecule has 6 heteroatoms. The zero-order valence-electron chi connectivity index (χ0n) is 10.1. The average Bonchev–Trinajstić information content (AvgIpc) is 2.42. The second kappa shape index (κ2) is 6.53. The second-order valence-corrected chi connectivity index (χ2v) is 3.62. The highest BCUT2D eigenvalue weighted by Crippen LogP contribution is 2.12. The van der Waals surface area contributed by atoms with Crippen LogP contribution in [-0.4, -0.2) is 22.2 Å². The van der Waals surface area contributed by atoms with E-state index < -0.39 is 23.1 Å².